The van der Waals surface area contributed by atoms with Gasteiger partial charge in [0.2, 0.25) is 0 Å². The zero-order valence-corrected chi connectivity index (χ0v) is 12.7. The van der Waals surface area contributed by atoms with Gasteiger partial charge in [-0.05, 0) is 23.8 Å². The van der Waals surface area contributed by atoms with Gasteiger partial charge < -0.3 is 0 Å². The molecule has 0 N–H and O–H groups in total. The standard InChI is InChI=1S/C18H15P.Cu/c1-4-10-16(11-5-1)19(17-12-6-2-7-13-17)18-14-8-3-9-15-18;/h1-15H;/q;+1. The first-order chi connectivity index (χ1) is 9.45. The van der Waals surface area contributed by atoms with Crippen molar-refractivity contribution in [2.75, 3.05) is 0 Å². The molecule has 0 amide bonds. The predicted molar refractivity (Wildman–Crippen MR) is 85.1 cm³/mol. The molecule has 102 valence electrons. The van der Waals surface area contributed by atoms with Crippen LogP contribution in [0.5, 0.6) is 0 Å². The van der Waals surface area contributed by atoms with Crippen LogP contribution in [0.3, 0.4) is 0 Å². The Hall–Kier alpha value is -1.39. The van der Waals surface area contributed by atoms with E-state index in [1.54, 1.807) is 0 Å². The first kappa shape index (κ1) is 15.0. The summed E-state index contributed by atoms with van der Waals surface area (Å²) in [7, 11) is -0.446. The summed E-state index contributed by atoms with van der Waals surface area (Å²) < 4.78 is 0. The molecule has 0 aliphatic rings. The van der Waals surface area contributed by atoms with Crippen LogP contribution >= 0.6 is 7.92 Å². The third-order valence-electron chi connectivity index (χ3n) is 3.04. The van der Waals surface area contributed by atoms with Crippen LogP contribution in [0.1, 0.15) is 0 Å². The molecule has 2 heteroatoms. The van der Waals surface area contributed by atoms with Crippen molar-refractivity contribution in [1.29, 1.82) is 0 Å². The normalized spacial score (nSPS) is 10.1. The molecule has 0 aliphatic carbocycles. The molecule has 0 bridgehead atoms. The number of rotatable bonds is 3. The van der Waals surface area contributed by atoms with Crippen LogP contribution in [0.2, 0.25) is 0 Å². The monoisotopic (exact) mass is 325 g/mol. The zero-order valence-electron chi connectivity index (χ0n) is 10.9. The zero-order chi connectivity index (χ0) is 12.9. The van der Waals surface area contributed by atoms with Crippen molar-refractivity contribution in [3.05, 3.63) is 91.0 Å². The van der Waals surface area contributed by atoms with E-state index in [0.717, 1.165) is 0 Å². The molecule has 0 saturated heterocycles. The summed E-state index contributed by atoms with van der Waals surface area (Å²) in [6.07, 6.45) is 0. The summed E-state index contributed by atoms with van der Waals surface area (Å²) in [4.78, 5) is 0. The molecule has 0 atom stereocenters. The van der Waals surface area contributed by atoms with E-state index in [2.05, 4.69) is 91.0 Å². The molecule has 0 aliphatic heterocycles. The van der Waals surface area contributed by atoms with E-state index in [1.165, 1.54) is 15.9 Å². The fourth-order valence-corrected chi connectivity index (χ4v) is 4.48. The largest absolute Gasteiger partial charge is 1.00 e. The van der Waals surface area contributed by atoms with E-state index >= 15 is 0 Å². The Balaban J connectivity index is 0.00000147. The van der Waals surface area contributed by atoms with Gasteiger partial charge in [0.25, 0.3) is 0 Å². The van der Waals surface area contributed by atoms with Crippen LogP contribution in [0.4, 0.5) is 0 Å². The maximum Gasteiger partial charge on any atom is 1.00 e. The van der Waals surface area contributed by atoms with Crippen LogP contribution in [-0.4, -0.2) is 0 Å². The van der Waals surface area contributed by atoms with E-state index < -0.39 is 7.92 Å². The van der Waals surface area contributed by atoms with E-state index in [4.69, 9.17) is 0 Å². The predicted octanol–water partition coefficient (Wildman–Crippen LogP) is 3.44. The topological polar surface area (TPSA) is 0 Å². The van der Waals surface area contributed by atoms with Crippen molar-refractivity contribution >= 4 is 23.8 Å². The van der Waals surface area contributed by atoms with Crippen LogP contribution in [0.25, 0.3) is 0 Å². The summed E-state index contributed by atoms with van der Waals surface area (Å²) in [6.45, 7) is 0. The van der Waals surface area contributed by atoms with Gasteiger partial charge >= 0.3 is 17.1 Å². The fraction of sp³-hybridized carbons (Fsp3) is 0. The van der Waals surface area contributed by atoms with Crippen molar-refractivity contribution in [3.63, 3.8) is 0 Å². The van der Waals surface area contributed by atoms with Crippen LogP contribution in [0, 0.1) is 0 Å². The Labute approximate surface area is 132 Å². The summed E-state index contributed by atoms with van der Waals surface area (Å²) in [6, 6.07) is 32.3. The minimum Gasteiger partial charge on any atom is -0.0622 e. The second-order valence-corrected chi connectivity index (χ2v) is 6.56. The fourth-order valence-electron chi connectivity index (χ4n) is 2.18. The minimum absolute atomic E-state index is 0. The number of hydrogen-bond acceptors (Lipinski definition) is 0. The smallest absolute Gasteiger partial charge is 0.0622 e. The molecule has 0 aromatic heterocycles. The molecule has 0 spiro atoms. The molecular formula is C18H15CuP+. The average molecular weight is 326 g/mol. The van der Waals surface area contributed by atoms with Gasteiger partial charge in [-0.3, -0.25) is 0 Å². The van der Waals surface area contributed by atoms with Crippen molar-refractivity contribution in [3.8, 4) is 0 Å². The van der Waals surface area contributed by atoms with Crippen LogP contribution in [0.15, 0.2) is 91.0 Å². The Bertz CT molecular complexity index is 529. The minimum atomic E-state index is -0.446. The van der Waals surface area contributed by atoms with Gasteiger partial charge in [-0.15, -0.1) is 0 Å². The maximum absolute atomic E-state index is 2.23. The quantitative estimate of drug-likeness (QED) is 0.511. The Morgan fingerprint density at radius 1 is 0.400 bits per heavy atom. The summed E-state index contributed by atoms with van der Waals surface area (Å²) >= 11 is 0. The third kappa shape index (κ3) is 3.38. The Morgan fingerprint density at radius 3 is 0.900 bits per heavy atom. The van der Waals surface area contributed by atoms with E-state index in [1.807, 2.05) is 0 Å². The maximum atomic E-state index is 2.23. The van der Waals surface area contributed by atoms with Crippen molar-refractivity contribution < 1.29 is 17.1 Å². The van der Waals surface area contributed by atoms with E-state index in [9.17, 15) is 0 Å². The molecule has 0 unspecified atom stereocenters. The molecular weight excluding hydrogens is 311 g/mol. The Morgan fingerprint density at radius 2 is 0.650 bits per heavy atom. The number of hydrogen-bond donors (Lipinski definition) is 0. The van der Waals surface area contributed by atoms with Crippen molar-refractivity contribution in [2.45, 2.75) is 0 Å². The van der Waals surface area contributed by atoms with E-state index in [0.29, 0.717) is 0 Å². The summed E-state index contributed by atoms with van der Waals surface area (Å²) in [5.74, 6) is 0. The van der Waals surface area contributed by atoms with Gasteiger partial charge in [0.1, 0.15) is 0 Å². The first-order valence-corrected chi connectivity index (χ1v) is 7.74. The molecule has 3 aromatic rings. The third-order valence-corrected chi connectivity index (χ3v) is 5.49. The molecule has 0 saturated carbocycles. The van der Waals surface area contributed by atoms with E-state index in [-0.39, 0.29) is 17.1 Å². The summed E-state index contributed by atoms with van der Waals surface area (Å²) in [5, 5.41) is 4.19. The van der Waals surface area contributed by atoms with Gasteiger partial charge in [0.05, 0.1) is 0 Å². The SMILES string of the molecule is [Cu+].c1ccc(P(c2ccccc2)c2ccccc2)cc1. The molecule has 20 heavy (non-hydrogen) atoms. The van der Waals surface area contributed by atoms with Gasteiger partial charge in [0.15, 0.2) is 0 Å². The molecule has 0 heterocycles. The summed E-state index contributed by atoms with van der Waals surface area (Å²) in [5.41, 5.74) is 0. The van der Waals surface area contributed by atoms with Gasteiger partial charge in [0, 0.05) is 0 Å². The second-order valence-electron chi connectivity index (χ2n) is 4.34. The first-order valence-electron chi connectivity index (χ1n) is 6.40. The van der Waals surface area contributed by atoms with Gasteiger partial charge in [-0.2, -0.15) is 0 Å². The van der Waals surface area contributed by atoms with Crippen LogP contribution in [-0.2, 0) is 17.1 Å². The average Bonchev–Trinajstić information content (AvgIpc) is 2.51. The molecule has 0 radical (unpaired) electrons. The molecule has 0 fully saturated rings. The molecule has 0 nitrogen and oxygen atoms in total. The molecule has 3 rings (SSSR count). The molecule has 3 aromatic carbocycles. The second kappa shape index (κ2) is 7.41. The van der Waals surface area contributed by atoms with Crippen LogP contribution < -0.4 is 15.9 Å². The van der Waals surface area contributed by atoms with Gasteiger partial charge in [-0.1, -0.05) is 91.0 Å². The van der Waals surface area contributed by atoms with Gasteiger partial charge in [-0.25, -0.2) is 0 Å². The number of benzene rings is 3. The Kier molecular flexibility index (Phi) is 5.56. The van der Waals surface area contributed by atoms with Crippen molar-refractivity contribution in [2.24, 2.45) is 0 Å². The van der Waals surface area contributed by atoms with Crippen molar-refractivity contribution in [1.82, 2.24) is 0 Å².